The van der Waals surface area contributed by atoms with E-state index in [0.717, 1.165) is 16.5 Å². The molecular weight excluding hydrogens is 1090 g/mol. The third-order valence-corrected chi connectivity index (χ3v) is 12.0. The first-order valence-electron chi connectivity index (χ1n) is 24.2. The van der Waals surface area contributed by atoms with E-state index < -0.39 is 30.1 Å². The molecule has 0 aliphatic carbocycles. The van der Waals surface area contributed by atoms with E-state index in [1.807, 2.05) is 78.9 Å². The second kappa shape index (κ2) is 30.1. The van der Waals surface area contributed by atoms with E-state index >= 15 is 0 Å². The summed E-state index contributed by atoms with van der Waals surface area (Å²) in [5.74, 6) is -0.240. The maximum atomic E-state index is 12.9. The Kier molecular flexibility index (Phi) is 23.2. The van der Waals surface area contributed by atoms with Crippen molar-refractivity contribution in [2.24, 2.45) is 5.73 Å². The number of nitrogens with one attached hydrogen (secondary N) is 2. The van der Waals surface area contributed by atoms with Gasteiger partial charge in [0.2, 0.25) is 5.91 Å². The number of hydrogen-bond donors (Lipinski definition) is 4. The Balaban J connectivity index is 0.000000194. The minimum atomic E-state index is -0.998. The van der Waals surface area contributed by atoms with Crippen LogP contribution >= 0.6 is 28.3 Å². The number of aromatic carboxylic acids is 1. The van der Waals surface area contributed by atoms with Crippen molar-refractivity contribution >= 4 is 69.6 Å². The van der Waals surface area contributed by atoms with Gasteiger partial charge in [-0.3, -0.25) is 38.6 Å². The number of pyridine rings is 2. The third kappa shape index (κ3) is 17.1. The van der Waals surface area contributed by atoms with Gasteiger partial charge in [-0.2, -0.15) is 15.3 Å². The second-order valence-corrected chi connectivity index (χ2v) is 17.5. The van der Waals surface area contributed by atoms with E-state index in [1.54, 1.807) is 105 Å². The summed E-state index contributed by atoms with van der Waals surface area (Å²) in [4.78, 5) is 70.0. The van der Waals surface area contributed by atoms with E-state index in [-0.39, 0.29) is 47.7 Å². The summed E-state index contributed by atoms with van der Waals surface area (Å²) >= 11 is 3.36. The van der Waals surface area contributed by atoms with Crippen LogP contribution in [0.1, 0.15) is 68.9 Å². The van der Waals surface area contributed by atoms with Crippen LogP contribution in [-0.4, -0.2) is 119 Å². The van der Waals surface area contributed by atoms with E-state index in [2.05, 4.69) is 68.5 Å². The van der Waals surface area contributed by atoms with Gasteiger partial charge >= 0.3 is 11.9 Å². The lowest BCUT2D eigenvalue weighted by Gasteiger charge is -2.23. The number of amides is 3. The molecule has 78 heavy (non-hydrogen) atoms. The summed E-state index contributed by atoms with van der Waals surface area (Å²) in [5, 5.41) is 26.7. The predicted molar refractivity (Wildman–Crippen MR) is 298 cm³/mol. The van der Waals surface area contributed by atoms with Gasteiger partial charge in [-0.05, 0) is 79.9 Å². The average molecular weight is 1150 g/mol. The maximum Gasteiger partial charge on any atom is 0.356 e. The number of aromatic nitrogens is 8. The highest BCUT2D eigenvalue weighted by Gasteiger charge is 2.37. The number of nitrogens with zero attached hydrogens (tertiary/aromatic N) is 9. The van der Waals surface area contributed by atoms with Crippen LogP contribution in [0.25, 0.3) is 0 Å². The molecule has 0 fully saturated rings. The van der Waals surface area contributed by atoms with Crippen LogP contribution in [0.15, 0.2) is 164 Å². The fraction of sp³-hybridized carbons (Fsp3) is 0.236. The summed E-state index contributed by atoms with van der Waals surface area (Å²) in [6, 6.07) is 40.1. The van der Waals surface area contributed by atoms with Crippen molar-refractivity contribution in [2.45, 2.75) is 63.5 Å². The summed E-state index contributed by atoms with van der Waals surface area (Å²) in [6.45, 7) is 6.81. The highest BCUT2D eigenvalue weighted by molar-refractivity contribution is 9.08. The van der Waals surface area contributed by atoms with Crippen molar-refractivity contribution in [2.75, 3.05) is 30.5 Å². The van der Waals surface area contributed by atoms with Gasteiger partial charge in [0, 0.05) is 50.4 Å². The summed E-state index contributed by atoms with van der Waals surface area (Å²) in [7, 11) is 3.26. The lowest BCUT2D eigenvalue weighted by Crippen LogP contribution is -2.53. The molecule has 0 spiro atoms. The SMILES string of the molecule is BrCc1ccccc1.CCOC(=O)c1ccn[nH]1.C[C@H]1Oc2cccnc2N(C)C(=O)[C@H]1N.C[C@H]1Oc2cccnc2N(C)C(=O)[C@H]1NC(=O)c1ccn(Cc2ccccc2)n1.Cl.O=C(O)c1ccn(Cc2ccccc2)n1. The van der Waals surface area contributed by atoms with Gasteiger partial charge in [-0.25, -0.2) is 19.6 Å². The predicted octanol–water partition coefficient (Wildman–Crippen LogP) is 7.24. The van der Waals surface area contributed by atoms with Gasteiger partial charge < -0.3 is 30.4 Å². The zero-order chi connectivity index (χ0) is 55.3. The molecule has 0 saturated heterocycles. The number of carbonyl (C=O) groups is 5. The second-order valence-electron chi connectivity index (χ2n) is 17.0. The Morgan fingerprint density at radius 3 is 1.63 bits per heavy atom. The number of H-pyrrole nitrogens is 1. The van der Waals surface area contributed by atoms with Gasteiger partial charge in [0.25, 0.3) is 11.8 Å². The molecule has 0 bridgehead atoms. The number of carboxylic acid groups (broad SMARTS) is 1. The van der Waals surface area contributed by atoms with Gasteiger partial charge in [0.15, 0.2) is 28.8 Å². The lowest BCUT2D eigenvalue weighted by molar-refractivity contribution is -0.122. The number of halogens is 2. The number of aromatic amines is 1. The lowest BCUT2D eigenvalue weighted by atomic mass is 10.1. The molecule has 408 valence electrons. The number of carboxylic acids is 1. The number of fused-ring (bicyclic) bond motifs is 2. The number of likely N-dealkylation sites (N-methyl/N-ethyl adjacent to an activating group) is 2. The van der Waals surface area contributed by atoms with Gasteiger partial charge in [0.1, 0.15) is 35.7 Å². The highest BCUT2D eigenvalue weighted by Crippen LogP contribution is 2.30. The Morgan fingerprint density at radius 1 is 0.679 bits per heavy atom. The topological polar surface area (TPSA) is 268 Å². The van der Waals surface area contributed by atoms with Gasteiger partial charge in [0.05, 0.1) is 19.7 Å². The monoisotopic (exact) mass is 1150 g/mol. The van der Waals surface area contributed by atoms with E-state index in [4.69, 9.17) is 20.3 Å². The molecule has 21 nitrogen and oxygen atoms in total. The number of benzene rings is 3. The number of alkyl halides is 1. The van der Waals surface area contributed by atoms with E-state index in [1.165, 1.54) is 27.6 Å². The van der Waals surface area contributed by atoms with Crippen LogP contribution in [0, 0.1) is 0 Å². The number of carbonyl (C=O) groups excluding carboxylic acids is 4. The van der Waals surface area contributed by atoms with Crippen molar-refractivity contribution in [3.8, 4) is 11.5 Å². The van der Waals surface area contributed by atoms with Crippen LogP contribution in [-0.2, 0) is 32.7 Å². The number of ether oxygens (including phenoxy) is 3. The van der Waals surface area contributed by atoms with Crippen molar-refractivity contribution in [3.05, 3.63) is 198 Å². The van der Waals surface area contributed by atoms with Crippen molar-refractivity contribution in [3.63, 3.8) is 0 Å². The standard InChI is InChI=1S/C21H21N5O3.C11H10N2O2.C10H13N3O2.C7H7Br.C6H8N2O2.ClH/c1-14-18(21(28)25(2)19-17(29-14)9-6-11-22-19)23-20(27)16-10-12-26(24-16)13-15-7-4-3-5-8-15;14-11(15)10-6-7-13(12-10)8-9-4-2-1-3-5-9;1-6-8(11)10(14)13(2)9-7(15-6)4-3-5-12-9;8-6-7-4-2-1-3-5-7;1-2-10-6(9)5-3-4-7-8-5;/h3-12,14,18H,13H2,1-2H3,(H,23,27);1-7H,8H2,(H,14,15);3-6,8H,11H2,1-2H3;1-5H,6H2;3-4H,2H2,1H3,(H,7,8);1H/t14-,18+;;6-,8+;;;/m1.1.../s1. The normalized spacial score (nSPS) is 15.9. The molecule has 2 aliphatic rings. The smallest absolute Gasteiger partial charge is 0.356 e. The Bertz CT molecular complexity index is 3150. The van der Waals surface area contributed by atoms with Crippen LogP contribution in [0.2, 0.25) is 0 Å². The largest absolute Gasteiger partial charge is 0.485 e. The molecule has 10 rings (SSSR count). The van der Waals surface area contributed by atoms with Crippen LogP contribution < -0.4 is 30.3 Å². The minimum absolute atomic E-state index is 0. The first-order chi connectivity index (χ1) is 37.2. The molecule has 0 saturated carbocycles. The zero-order valence-corrected chi connectivity index (χ0v) is 45.7. The first kappa shape index (κ1) is 60.1. The average Bonchev–Trinajstić information content (AvgIpc) is 4.31. The van der Waals surface area contributed by atoms with Gasteiger partial charge in [-0.1, -0.05) is 107 Å². The minimum Gasteiger partial charge on any atom is -0.485 e. The summed E-state index contributed by atoms with van der Waals surface area (Å²) < 4.78 is 19.4. The molecule has 5 aromatic heterocycles. The number of esters is 1. The van der Waals surface area contributed by atoms with Crippen LogP contribution in [0.4, 0.5) is 11.6 Å². The Morgan fingerprint density at radius 2 is 1.17 bits per heavy atom. The Hall–Kier alpha value is -8.73. The quantitative estimate of drug-likeness (QED) is 0.0776. The van der Waals surface area contributed by atoms with E-state index in [9.17, 15) is 24.0 Å². The first-order valence-corrected chi connectivity index (χ1v) is 25.3. The molecule has 3 aromatic carbocycles. The summed E-state index contributed by atoms with van der Waals surface area (Å²) in [5.41, 5.74) is 9.95. The van der Waals surface area contributed by atoms with Crippen LogP contribution in [0.3, 0.4) is 0 Å². The van der Waals surface area contributed by atoms with Crippen LogP contribution in [0.5, 0.6) is 11.5 Å². The number of rotatable bonds is 10. The number of nitrogens with two attached hydrogens (primary N) is 1. The zero-order valence-electron chi connectivity index (χ0n) is 43.3. The van der Waals surface area contributed by atoms with Crippen molar-refractivity contribution in [1.82, 2.24) is 45.0 Å². The molecular formula is C55H60BrClN12O9. The van der Waals surface area contributed by atoms with Crippen molar-refractivity contribution in [1.29, 1.82) is 0 Å². The number of hydrogen-bond acceptors (Lipinski definition) is 14. The Labute approximate surface area is 465 Å². The molecule has 23 heteroatoms. The third-order valence-electron chi connectivity index (χ3n) is 11.3. The molecule has 3 amide bonds. The number of anilines is 2. The summed E-state index contributed by atoms with van der Waals surface area (Å²) in [6.07, 6.45) is 7.21. The molecule has 8 aromatic rings. The molecule has 4 atom stereocenters. The van der Waals surface area contributed by atoms with Crippen molar-refractivity contribution < 1.29 is 43.3 Å². The molecule has 2 aliphatic heterocycles. The molecule has 7 heterocycles. The molecule has 0 radical (unpaired) electrons. The fourth-order valence-electron chi connectivity index (χ4n) is 7.25. The van der Waals surface area contributed by atoms with E-state index in [0.29, 0.717) is 48.5 Å². The highest BCUT2D eigenvalue weighted by atomic mass is 79.9. The van der Waals surface area contributed by atoms with Gasteiger partial charge in [-0.15, -0.1) is 12.4 Å². The maximum absolute atomic E-state index is 12.9. The molecule has 0 unspecified atom stereocenters. The molecule has 5 N–H and O–H groups in total. The fourth-order valence-corrected chi connectivity index (χ4v) is 7.63.